The summed E-state index contributed by atoms with van der Waals surface area (Å²) >= 11 is 0. The van der Waals surface area contributed by atoms with Crippen LogP contribution in [0.3, 0.4) is 0 Å². The Kier molecular flexibility index (Phi) is 7.87. The van der Waals surface area contributed by atoms with Gasteiger partial charge in [-0.1, -0.05) is 5.56 Å². The standard InChI is InChI=1S/C10H3F2N4.C8H5F2N4.Ir/c11-8-2-1-6(9(12)7(8)3-13)10-15-4-14-5-16-10;1-13-4-11-14(5-13)6-2-3-7(9)12-8(6)10;/h2,4-5H;3-4H,1H3;/q-1;+1;. The van der Waals surface area contributed by atoms with E-state index in [1.165, 1.54) is 29.6 Å². The molecule has 3 aromatic rings. The zero-order valence-corrected chi connectivity index (χ0v) is 17.7. The summed E-state index contributed by atoms with van der Waals surface area (Å²) in [5, 5.41) is 12.3. The molecule has 0 fully saturated rings. The molecule has 1 aromatic carbocycles. The van der Waals surface area contributed by atoms with Gasteiger partial charge in [0.1, 0.15) is 19.7 Å². The van der Waals surface area contributed by atoms with Gasteiger partial charge in [0.15, 0.2) is 11.6 Å². The molecule has 13 heteroatoms. The maximum absolute atomic E-state index is 13.6. The van der Waals surface area contributed by atoms with Gasteiger partial charge < -0.3 is 4.98 Å². The molecule has 8 nitrogen and oxygen atoms in total. The van der Waals surface area contributed by atoms with Crippen molar-refractivity contribution in [1.82, 2.24) is 19.9 Å². The van der Waals surface area contributed by atoms with Crippen LogP contribution in [0.5, 0.6) is 0 Å². The fraction of sp³-hybridized carbons (Fsp3) is 0.0556. The number of hydrazone groups is 1. The smallest absolute Gasteiger partial charge is 0.319 e. The summed E-state index contributed by atoms with van der Waals surface area (Å²) in [6.07, 6.45) is 3.77. The molecule has 0 amide bonds. The summed E-state index contributed by atoms with van der Waals surface area (Å²) in [5.41, 5.74) is -0.887. The fourth-order valence-electron chi connectivity index (χ4n) is 2.09. The molecular formula is C18H8F4IrN8. The van der Waals surface area contributed by atoms with E-state index in [1.54, 1.807) is 7.05 Å². The predicted octanol–water partition coefficient (Wildman–Crippen LogP) is 2.06. The van der Waals surface area contributed by atoms with E-state index in [0.29, 0.717) is 0 Å². The summed E-state index contributed by atoms with van der Waals surface area (Å²) in [6, 6.07) is 10.6. The van der Waals surface area contributed by atoms with E-state index >= 15 is 0 Å². The van der Waals surface area contributed by atoms with Gasteiger partial charge in [-0.25, -0.2) is 4.98 Å². The average Bonchev–Trinajstić information content (AvgIpc) is 3.15. The van der Waals surface area contributed by atoms with Crippen LogP contribution in [0.15, 0.2) is 29.9 Å². The molecular weight excluding hydrogens is 596 g/mol. The Morgan fingerprint density at radius 1 is 1.10 bits per heavy atom. The van der Waals surface area contributed by atoms with Crippen LogP contribution >= 0.6 is 0 Å². The number of aromatic nitrogens is 4. The average molecular weight is 605 g/mol. The summed E-state index contributed by atoms with van der Waals surface area (Å²) in [5.74, 6) is -3.86. The number of hydrogen-bond acceptors (Lipinski definition) is 6. The molecule has 31 heavy (non-hydrogen) atoms. The molecule has 1 aliphatic heterocycles. The summed E-state index contributed by atoms with van der Waals surface area (Å²) in [7, 11) is 1.68. The van der Waals surface area contributed by atoms with Crippen LogP contribution in [0.2, 0.25) is 0 Å². The third-order valence-electron chi connectivity index (χ3n) is 3.38. The molecule has 3 heterocycles. The number of hydrogen-bond donors (Lipinski definition) is 0. The van der Waals surface area contributed by atoms with E-state index in [1.807, 2.05) is 0 Å². The molecule has 0 bridgehead atoms. The number of rotatable bonds is 2. The van der Waals surface area contributed by atoms with E-state index in [9.17, 15) is 17.6 Å². The summed E-state index contributed by atoms with van der Waals surface area (Å²) in [6.45, 7) is 0. The van der Waals surface area contributed by atoms with Crippen molar-refractivity contribution in [3.8, 4) is 17.5 Å². The van der Waals surface area contributed by atoms with Gasteiger partial charge in [-0.3, -0.25) is 27.5 Å². The fourth-order valence-corrected chi connectivity index (χ4v) is 2.09. The van der Waals surface area contributed by atoms with Crippen molar-refractivity contribution in [3.63, 3.8) is 0 Å². The van der Waals surface area contributed by atoms with Crippen molar-refractivity contribution in [3.05, 3.63) is 66.0 Å². The minimum Gasteiger partial charge on any atom is -0.319 e. The number of nitrogens with zero attached hydrogens (tertiary/aromatic N) is 8. The molecule has 0 spiro atoms. The first kappa shape index (κ1) is 23.6. The Bertz CT molecular complexity index is 1250. The van der Waals surface area contributed by atoms with Crippen molar-refractivity contribution in [2.75, 3.05) is 7.05 Å². The van der Waals surface area contributed by atoms with Crippen molar-refractivity contribution < 1.29 is 46.9 Å². The first-order chi connectivity index (χ1) is 14.4. The minimum atomic E-state index is -1.02. The molecule has 157 valence electrons. The molecule has 1 radical (unpaired) electrons. The molecule has 0 atom stereocenters. The molecule has 0 saturated heterocycles. The second-order valence-electron chi connectivity index (χ2n) is 5.39. The monoisotopic (exact) mass is 605 g/mol. The van der Waals surface area contributed by atoms with Crippen LogP contribution in [-0.2, 0) is 20.1 Å². The van der Waals surface area contributed by atoms with Gasteiger partial charge in [0.2, 0.25) is 5.10 Å². The van der Waals surface area contributed by atoms with Crippen LogP contribution in [-0.4, -0.2) is 48.6 Å². The Labute approximate surface area is 185 Å². The summed E-state index contributed by atoms with van der Waals surface area (Å²) in [4.78, 5) is 13.9. The molecule has 1 aliphatic rings. The van der Waals surface area contributed by atoms with Crippen LogP contribution in [0.4, 0.5) is 23.2 Å². The van der Waals surface area contributed by atoms with Crippen molar-refractivity contribution in [2.24, 2.45) is 5.10 Å². The van der Waals surface area contributed by atoms with Crippen LogP contribution in [0, 0.1) is 47.0 Å². The van der Waals surface area contributed by atoms with Crippen LogP contribution in [0.1, 0.15) is 5.56 Å². The molecule has 4 rings (SSSR count). The van der Waals surface area contributed by atoms with Gasteiger partial charge in [0.25, 0.3) is 0 Å². The number of benzene rings is 1. The van der Waals surface area contributed by atoms with Gasteiger partial charge in [-0.15, -0.1) is 28.8 Å². The number of nitriles is 1. The van der Waals surface area contributed by atoms with E-state index in [0.717, 1.165) is 16.8 Å². The Morgan fingerprint density at radius 2 is 1.81 bits per heavy atom. The Balaban J connectivity index is 0.000000215. The third-order valence-corrected chi connectivity index (χ3v) is 3.38. The Hall–Kier alpha value is -3.71. The van der Waals surface area contributed by atoms with Crippen molar-refractivity contribution in [2.45, 2.75) is 0 Å². The first-order valence-electron chi connectivity index (χ1n) is 7.90. The maximum Gasteiger partial charge on any atom is 0.420 e. The first-order valence-corrected chi connectivity index (χ1v) is 7.90. The molecule has 0 unspecified atom stereocenters. The molecule has 0 saturated carbocycles. The van der Waals surface area contributed by atoms with Gasteiger partial charge in [0, 0.05) is 25.7 Å². The van der Waals surface area contributed by atoms with Crippen molar-refractivity contribution >= 4 is 18.0 Å². The normalized spacial score (nSPS) is 11.5. The summed E-state index contributed by atoms with van der Waals surface area (Å²) < 4.78 is 54.7. The van der Waals surface area contributed by atoms with Gasteiger partial charge in [-0.2, -0.15) is 5.26 Å². The van der Waals surface area contributed by atoms with Crippen molar-refractivity contribution in [1.29, 1.82) is 5.26 Å². The minimum absolute atomic E-state index is 0. The quantitative estimate of drug-likeness (QED) is 0.193. The van der Waals surface area contributed by atoms with E-state index in [-0.39, 0.29) is 37.2 Å². The SMILES string of the molecule is C[N+]1=C=[N+](c2[c-]cc(F)nc2F)N=C1.N#Cc1c(F)c[c-]c(-c2ncncn2)c1F.[Ir]. The topological polar surface area (TPSA) is 93.7 Å². The number of pyridine rings is 1. The van der Waals surface area contributed by atoms with Crippen LogP contribution < -0.4 is 0 Å². The van der Waals surface area contributed by atoms with Gasteiger partial charge in [0.05, 0.1) is 34.2 Å². The predicted molar refractivity (Wildman–Crippen MR) is 91.3 cm³/mol. The molecule has 0 aliphatic carbocycles. The molecule has 0 N–H and O–H groups in total. The third kappa shape index (κ3) is 5.46. The Morgan fingerprint density at radius 3 is 2.39 bits per heavy atom. The van der Waals surface area contributed by atoms with Gasteiger partial charge in [-0.05, 0) is 0 Å². The zero-order chi connectivity index (χ0) is 21.7. The second-order valence-corrected chi connectivity index (χ2v) is 5.39. The van der Waals surface area contributed by atoms with Gasteiger partial charge >= 0.3 is 12.3 Å². The van der Waals surface area contributed by atoms with E-state index in [4.69, 9.17) is 5.26 Å². The number of halogens is 4. The molecule has 2 aromatic heterocycles. The second kappa shape index (κ2) is 10.4. The largest absolute Gasteiger partial charge is 0.420 e. The van der Waals surface area contributed by atoms with Crippen LogP contribution in [0.25, 0.3) is 11.4 Å². The van der Waals surface area contributed by atoms with E-state index < -0.39 is 29.1 Å². The zero-order valence-electron chi connectivity index (χ0n) is 15.3. The van der Waals surface area contributed by atoms with E-state index in [2.05, 4.69) is 43.2 Å². The maximum atomic E-state index is 13.6.